The molecular weight excluding hydrogens is 396 g/mol. The molecule has 0 radical (unpaired) electrons. The molecule has 1 aromatic carbocycles. The monoisotopic (exact) mass is 420 g/mol. The number of rotatable bonds is 5. The summed E-state index contributed by atoms with van der Waals surface area (Å²) in [5, 5.41) is 3.96. The van der Waals surface area contributed by atoms with Crippen LogP contribution in [0.25, 0.3) is 10.6 Å². The molecule has 28 heavy (non-hydrogen) atoms. The Hall–Kier alpha value is -1.97. The number of sulfonamides is 1. The van der Waals surface area contributed by atoms with E-state index in [0.29, 0.717) is 22.5 Å². The summed E-state index contributed by atoms with van der Waals surface area (Å²) in [6.07, 6.45) is 5.03. The van der Waals surface area contributed by atoms with Crippen LogP contribution >= 0.6 is 11.3 Å². The highest BCUT2D eigenvalue weighted by molar-refractivity contribution is 7.92. The van der Waals surface area contributed by atoms with Gasteiger partial charge in [0.25, 0.3) is 5.91 Å². The van der Waals surface area contributed by atoms with Crippen molar-refractivity contribution in [3.8, 4) is 10.6 Å². The van der Waals surface area contributed by atoms with Crippen LogP contribution in [-0.4, -0.2) is 55.6 Å². The minimum atomic E-state index is -3.30. The number of nitrogens with zero attached hydrogens (tertiary/aromatic N) is 2. The van der Waals surface area contributed by atoms with E-state index in [1.165, 1.54) is 11.3 Å². The van der Waals surface area contributed by atoms with E-state index < -0.39 is 10.0 Å². The number of hydrogen-bond acceptors (Lipinski definition) is 6. The van der Waals surface area contributed by atoms with Crippen LogP contribution in [0.2, 0.25) is 0 Å². The summed E-state index contributed by atoms with van der Waals surface area (Å²) in [6, 6.07) is 7.53. The molecule has 1 amide bonds. The Labute approximate surface area is 169 Å². The van der Waals surface area contributed by atoms with Gasteiger partial charge in [0.2, 0.25) is 10.0 Å². The molecule has 5 rings (SSSR count). The number of benzene rings is 1. The number of hydrogen-bond donors (Lipinski definition) is 2. The van der Waals surface area contributed by atoms with Crippen LogP contribution in [0.3, 0.4) is 0 Å². The molecule has 0 saturated carbocycles. The van der Waals surface area contributed by atoms with Crippen molar-refractivity contribution >= 4 is 33.0 Å². The number of fused-ring (bicyclic) bond motifs is 3. The standard InChI is InChI=1S/C19H24N4O3S2/c1-12-17(13-7-9-23(12)10-8-13)21-18(24)16-11-20-19(27-16)14-3-5-15(6-4-14)22-28(2,25)26/h3-6,11-13,17,22H,7-10H2,1-2H3,(H,21,24). The average molecular weight is 421 g/mol. The second kappa shape index (κ2) is 7.46. The first-order valence-corrected chi connectivity index (χ1v) is 12.1. The lowest BCUT2D eigenvalue weighted by Gasteiger charge is -2.49. The van der Waals surface area contributed by atoms with Crippen LogP contribution in [0.15, 0.2) is 30.5 Å². The van der Waals surface area contributed by atoms with Gasteiger partial charge in [0.05, 0.1) is 12.5 Å². The van der Waals surface area contributed by atoms with E-state index in [1.807, 2.05) is 0 Å². The van der Waals surface area contributed by atoms with E-state index >= 15 is 0 Å². The maximum Gasteiger partial charge on any atom is 0.263 e. The Balaban J connectivity index is 1.44. The molecule has 2 unspecified atom stereocenters. The van der Waals surface area contributed by atoms with Gasteiger partial charge in [-0.05, 0) is 63.0 Å². The lowest BCUT2D eigenvalue weighted by Crippen LogP contribution is -2.62. The van der Waals surface area contributed by atoms with E-state index in [9.17, 15) is 13.2 Å². The van der Waals surface area contributed by atoms with Crippen LogP contribution < -0.4 is 10.0 Å². The molecule has 2 atom stereocenters. The second-order valence-corrected chi connectivity index (χ2v) is 10.4. The Morgan fingerprint density at radius 2 is 1.89 bits per heavy atom. The summed E-state index contributed by atoms with van der Waals surface area (Å²) < 4.78 is 25.0. The molecule has 2 N–H and O–H groups in total. The number of nitrogens with one attached hydrogen (secondary N) is 2. The minimum absolute atomic E-state index is 0.0651. The molecule has 150 valence electrons. The van der Waals surface area contributed by atoms with Crippen LogP contribution in [0, 0.1) is 5.92 Å². The third-order valence-electron chi connectivity index (χ3n) is 5.64. The first-order valence-electron chi connectivity index (χ1n) is 9.39. The van der Waals surface area contributed by atoms with Gasteiger partial charge in [-0.2, -0.15) is 0 Å². The van der Waals surface area contributed by atoms with Crippen molar-refractivity contribution < 1.29 is 13.2 Å². The topological polar surface area (TPSA) is 91.4 Å². The number of anilines is 1. The van der Waals surface area contributed by atoms with Gasteiger partial charge in [-0.1, -0.05) is 0 Å². The van der Waals surface area contributed by atoms with E-state index in [-0.39, 0.29) is 11.9 Å². The summed E-state index contributed by atoms with van der Waals surface area (Å²) in [5.74, 6) is 0.496. The zero-order valence-electron chi connectivity index (χ0n) is 15.9. The maximum atomic E-state index is 12.8. The summed E-state index contributed by atoms with van der Waals surface area (Å²) in [5.41, 5.74) is 1.34. The number of piperidine rings is 3. The Bertz CT molecular complexity index is 961. The molecule has 3 aliphatic rings. The SMILES string of the molecule is CC1C(NC(=O)c2cnc(-c3ccc(NS(C)(=O)=O)cc3)s2)C2CCN1CC2. The zero-order valence-corrected chi connectivity index (χ0v) is 17.5. The number of carbonyl (C=O) groups excluding carboxylic acids is 1. The maximum absolute atomic E-state index is 12.8. The molecule has 9 heteroatoms. The fourth-order valence-corrected chi connectivity index (χ4v) is 5.56. The largest absolute Gasteiger partial charge is 0.347 e. The Morgan fingerprint density at radius 1 is 1.21 bits per heavy atom. The van der Waals surface area contributed by atoms with Crippen LogP contribution in [0.4, 0.5) is 5.69 Å². The highest BCUT2D eigenvalue weighted by Gasteiger charge is 2.40. The first-order chi connectivity index (χ1) is 13.3. The van der Waals surface area contributed by atoms with Gasteiger partial charge >= 0.3 is 0 Å². The summed E-state index contributed by atoms with van der Waals surface area (Å²) >= 11 is 1.35. The van der Waals surface area contributed by atoms with Crippen molar-refractivity contribution in [1.29, 1.82) is 0 Å². The number of amides is 1. The molecule has 3 fully saturated rings. The quantitative estimate of drug-likeness (QED) is 0.775. The smallest absolute Gasteiger partial charge is 0.263 e. The van der Waals surface area contributed by atoms with Crippen molar-refractivity contribution in [2.75, 3.05) is 24.1 Å². The summed E-state index contributed by atoms with van der Waals surface area (Å²) in [4.78, 5) is 20.2. The van der Waals surface area contributed by atoms with Crippen molar-refractivity contribution in [3.63, 3.8) is 0 Å². The van der Waals surface area contributed by atoms with Gasteiger partial charge in [0.15, 0.2) is 0 Å². The molecule has 0 aliphatic carbocycles. The molecule has 7 nitrogen and oxygen atoms in total. The Kier molecular flexibility index (Phi) is 5.15. The zero-order chi connectivity index (χ0) is 19.9. The Morgan fingerprint density at radius 3 is 2.50 bits per heavy atom. The van der Waals surface area contributed by atoms with Crippen molar-refractivity contribution in [2.24, 2.45) is 5.92 Å². The van der Waals surface area contributed by atoms with Crippen LogP contribution in [0.1, 0.15) is 29.4 Å². The molecule has 0 spiro atoms. The number of thiazole rings is 1. The first kappa shape index (κ1) is 19.4. The number of aromatic nitrogens is 1. The van der Waals surface area contributed by atoms with Gasteiger partial charge < -0.3 is 5.32 Å². The molecule has 2 aromatic rings. The molecular formula is C19H24N4O3S2. The normalized spacial score (nSPS) is 26.8. The van der Waals surface area contributed by atoms with E-state index in [2.05, 4.69) is 26.8 Å². The fourth-order valence-electron chi connectivity index (χ4n) is 4.18. The highest BCUT2D eigenvalue weighted by Crippen LogP contribution is 2.33. The molecule has 3 saturated heterocycles. The third-order valence-corrected chi connectivity index (χ3v) is 7.29. The molecule has 3 aliphatic heterocycles. The molecule has 1 aromatic heterocycles. The van der Waals surface area contributed by atoms with Crippen LogP contribution in [0.5, 0.6) is 0 Å². The predicted octanol–water partition coefficient (Wildman–Crippen LogP) is 2.39. The minimum Gasteiger partial charge on any atom is -0.347 e. The molecule has 4 heterocycles. The van der Waals surface area contributed by atoms with Gasteiger partial charge in [-0.3, -0.25) is 14.4 Å². The predicted molar refractivity (Wildman–Crippen MR) is 111 cm³/mol. The van der Waals surface area contributed by atoms with Crippen molar-refractivity contribution in [2.45, 2.75) is 31.8 Å². The van der Waals surface area contributed by atoms with Gasteiger partial charge in [-0.15, -0.1) is 11.3 Å². The van der Waals surface area contributed by atoms with Gasteiger partial charge in [-0.25, -0.2) is 13.4 Å². The number of carbonyl (C=O) groups is 1. The van der Waals surface area contributed by atoms with Crippen LogP contribution in [-0.2, 0) is 10.0 Å². The third kappa shape index (κ3) is 4.06. The lowest BCUT2D eigenvalue weighted by atomic mass is 9.79. The lowest BCUT2D eigenvalue weighted by molar-refractivity contribution is 0.0218. The molecule has 2 bridgehead atoms. The summed E-state index contributed by atoms with van der Waals surface area (Å²) in [6.45, 7) is 4.46. The second-order valence-electron chi connectivity index (χ2n) is 7.59. The van der Waals surface area contributed by atoms with Crippen molar-refractivity contribution in [3.05, 3.63) is 35.3 Å². The highest BCUT2D eigenvalue weighted by atomic mass is 32.2. The average Bonchev–Trinajstić information content (AvgIpc) is 3.14. The van der Waals surface area contributed by atoms with E-state index in [0.717, 1.165) is 42.8 Å². The van der Waals surface area contributed by atoms with Gasteiger partial charge in [0, 0.05) is 23.3 Å². The van der Waals surface area contributed by atoms with Gasteiger partial charge in [0.1, 0.15) is 9.88 Å². The van der Waals surface area contributed by atoms with Crippen molar-refractivity contribution in [1.82, 2.24) is 15.2 Å². The summed E-state index contributed by atoms with van der Waals surface area (Å²) in [7, 11) is -3.30. The van der Waals surface area contributed by atoms with E-state index in [4.69, 9.17) is 0 Å². The van der Waals surface area contributed by atoms with E-state index in [1.54, 1.807) is 30.5 Å². The fraction of sp³-hybridized carbons (Fsp3) is 0.474.